The molecule has 2 aromatic rings. The number of benzene rings is 2. The van der Waals surface area contributed by atoms with Gasteiger partial charge in [-0.1, -0.05) is 28.1 Å². The Labute approximate surface area is 155 Å². The average molecular weight is 429 g/mol. The number of methoxy groups -OCH3 is 1. The van der Waals surface area contributed by atoms with E-state index in [1.54, 1.807) is 30.3 Å². The van der Waals surface area contributed by atoms with Gasteiger partial charge in [-0.25, -0.2) is 12.8 Å². The van der Waals surface area contributed by atoms with Gasteiger partial charge in [0, 0.05) is 30.7 Å². The van der Waals surface area contributed by atoms with Crippen LogP contribution in [0.25, 0.3) is 0 Å². The average Bonchev–Trinajstić information content (AvgIpc) is 2.62. The van der Waals surface area contributed by atoms with E-state index in [1.165, 1.54) is 23.5 Å². The Morgan fingerprint density at radius 3 is 2.40 bits per heavy atom. The first-order valence-corrected chi connectivity index (χ1v) is 10.00. The van der Waals surface area contributed by atoms with Gasteiger partial charge in [-0.15, -0.1) is 0 Å². The molecule has 5 nitrogen and oxygen atoms in total. The van der Waals surface area contributed by atoms with E-state index in [2.05, 4.69) is 15.9 Å². The van der Waals surface area contributed by atoms with Gasteiger partial charge in [0.05, 0.1) is 12.8 Å². The second kappa shape index (κ2) is 7.31. The van der Waals surface area contributed by atoms with Crippen LogP contribution in [0.2, 0.25) is 0 Å². The summed E-state index contributed by atoms with van der Waals surface area (Å²) in [6.45, 7) is 1.42. The van der Waals surface area contributed by atoms with Crippen molar-refractivity contribution in [3.63, 3.8) is 0 Å². The Balaban J connectivity index is 1.81. The molecule has 0 N–H and O–H groups in total. The summed E-state index contributed by atoms with van der Waals surface area (Å²) < 4.78 is 47.1. The van der Waals surface area contributed by atoms with Gasteiger partial charge < -0.3 is 9.64 Å². The summed E-state index contributed by atoms with van der Waals surface area (Å²) in [6.07, 6.45) is 0. The fourth-order valence-electron chi connectivity index (χ4n) is 2.87. The Morgan fingerprint density at radius 1 is 1.08 bits per heavy atom. The van der Waals surface area contributed by atoms with Gasteiger partial charge in [0.1, 0.15) is 16.5 Å². The third-order valence-corrected chi connectivity index (χ3v) is 6.59. The van der Waals surface area contributed by atoms with Crippen LogP contribution in [-0.4, -0.2) is 46.0 Å². The molecule has 0 radical (unpaired) electrons. The Hall–Kier alpha value is -1.64. The molecular weight excluding hydrogens is 411 g/mol. The van der Waals surface area contributed by atoms with Crippen molar-refractivity contribution >= 4 is 31.6 Å². The normalized spacial score (nSPS) is 16.0. The minimum atomic E-state index is -3.69. The second-order valence-corrected chi connectivity index (χ2v) is 8.46. The van der Waals surface area contributed by atoms with Crippen molar-refractivity contribution in [2.45, 2.75) is 4.90 Å². The molecule has 1 fully saturated rings. The van der Waals surface area contributed by atoms with E-state index < -0.39 is 10.0 Å². The summed E-state index contributed by atoms with van der Waals surface area (Å²) in [7, 11) is -2.24. The number of hydrogen-bond acceptors (Lipinski definition) is 4. The minimum Gasteiger partial charge on any atom is -0.495 e. The van der Waals surface area contributed by atoms with Crippen LogP contribution in [0.1, 0.15) is 0 Å². The van der Waals surface area contributed by atoms with Crippen LogP contribution in [0.5, 0.6) is 5.75 Å². The van der Waals surface area contributed by atoms with Crippen LogP contribution < -0.4 is 9.64 Å². The van der Waals surface area contributed by atoms with Crippen molar-refractivity contribution in [3.8, 4) is 5.75 Å². The van der Waals surface area contributed by atoms with Crippen LogP contribution in [0.15, 0.2) is 51.8 Å². The monoisotopic (exact) mass is 428 g/mol. The molecule has 1 aliphatic heterocycles. The predicted octanol–water partition coefficient (Wildman–Crippen LogP) is 3.11. The maximum absolute atomic E-state index is 13.9. The molecular formula is C17H18BrFN2O3S. The summed E-state index contributed by atoms with van der Waals surface area (Å²) in [4.78, 5) is 1.99. The zero-order valence-corrected chi connectivity index (χ0v) is 16.1. The van der Waals surface area contributed by atoms with Gasteiger partial charge in [-0.3, -0.25) is 0 Å². The molecule has 0 bridgehead atoms. The van der Waals surface area contributed by atoms with Gasteiger partial charge in [-0.2, -0.15) is 4.31 Å². The molecule has 0 atom stereocenters. The predicted molar refractivity (Wildman–Crippen MR) is 98.1 cm³/mol. The number of hydrogen-bond donors (Lipinski definition) is 0. The molecule has 2 aromatic carbocycles. The molecule has 1 heterocycles. The zero-order chi connectivity index (χ0) is 18.0. The molecule has 0 spiro atoms. The molecule has 3 rings (SSSR count). The SMILES string of the molecule is COc1ccc(Br)cc1S(=O)(=O)N1CCN(c2ccccc2F)CC1. The minimum absolute atomic E-state index is 0.128. The van der Waals surface area contributed by atoms with Crippen molar-refractivity contribution in [2.24, 2.45) is 0 Å². The third kappa shape index (κ3) is 3.65. The number of piperazine rings is 1. The highest BCUT2D eigenvalue weighted by atomic mass is 79.9. The number of para-hydroxylation sites is 1. The number of rotatable bonds is 4. The van der Waals surface area contributed by atoms with Crippen molar-refractivity contribution < 1.29 is 17.5 Å². The first-order chi connectivity index (χ1) is 11.9. The number of anilines is 1. The van der Waals surface area contributed by atoms with Crippen molar-refractivity contribution in [2.75, 3.05) is 38.2 Å². The van der Waals surface area contributed by atoms with Crippen LogP contribution >= 0.6 is 15.9 Å². The molecule has 1 saturated heterocycles. The van der Waals surface area contributed by atoms with Crippen LogP contribution in [0, 0.1) is 5.82 Å². The summed E-state index contributed by atoms with van der Waals surface area (Å²) in [5.41, 5.74) is 0.500. The Morgan fingerprint density at radius 2 is 1.76 bits per heavy atom. The highest BCUT2D eigenvalue weighted by Gasteiger charge is 2.31. The highest BCUT2D eigenvalue weighted by molar-refractivity contribution is 9.10. The van der Waals surface area contributed by atoms with Crippen molar-refractivity contribution in [1.82, 2.24) is 4.31 Å². The molecule has 1 aliphatic rings. The van der Waals surface area contributed by atoms with E-state index in [0.29, 0.717) is 29.0 Å². The lowest BCUT2D eigenvalue weighted by atomic mass is 10.2. The van der Waals surface area contributed by atoms with Crippen molar-refractivity contribution in [3.05, 3.63) is 52.8 Å². The molecule has 0 aromatic heterocycles. The standard InChI is InChI=1S/C17H18BrFN2O3S/c1-24-16-7-6-13(18)12-17(16)25(22,23)21-10-8-20(9-11-21)15-5-3-2-4-14(15)19/h2-7,12H,8-11H2,1H3. The van der Waals surface area contributed by atoms with Gasteiger partial charge in [0.15, 0.2) is 0 Å². The molecule has 0 aliphatic carbocycles. The molecule has 134 valence electrons. The van der Waals surface area contributed by atoms with Gasteiger partial charge in [0.25, 0.3) is 0 Å². The van der Waals surface area contributed by atoms with E-state index in [1.807, 2.05) is 4.90 Å². The highest BCUT2D eigenvalue weighted by Crippen LogP contribution is 2.31. The Kier molecular flexibility index (Phi) is 5.31. The molecule has 0 saturated carbocycles. The second-order valence-electron chi connectivity index (χ2n) is 5.64. The molecule has 0 amide bonds. The summed E-state index contributed by atoms with van der Waals surface area (Å²) in [5, 5.41) is 0. The summed E-state index contributed by atoms with van der Waals surface area (Å²) in [5.74, 6) is 0.00667. The first-order valence-electron chi connectivity index (χ1n) is 7.76. The van der Waals surface area contributed by atoms with E-state index >= 15 is 0 Å². The topological polar surface area (TPSA) is 49.9 Å². The molecule has 8 heteroatoms. The smallest absolute Gasteiger partial charge is 0.246 e. The van der Waals surface area contributed by atoms with Crippen LogP contribution in [-0.2, 0) is 10.0 Å². The maximum atomic E-state index is 13.9. The number of nitrogens with zero attached hydrogens (tertiary/aromatic N) is 2. The lowest BCUT2D eigenvalue weighted by Crippen LogP contribution is -2.49. The number of sulfonamides is 1. The largest absolute Gasteiger partial charge is 0.495 e. The van der Waals surface area contributed by atoms with E-state index in [4.69, 9.17) is 4.74 Å². The van der Waals surface area contributed by atoms with Crippen LogP contribution in [0.4, 0.5) is 10.1 Å². The summed E-state index contributed by atoms with van der Waals surface area (Å²) in [6, 6.07) is 11.4. The fraction of sp³-hybridized carbons (Fsp3) is 0.294. The van der Waals surface area contributed by atoms with E-state index in [9.17, 15) is 12.8 Å². The van der Waals surface area contributed by atoms with E-state index in [-0.39, 0.29) is 23.8 Å². The zero-order valence-electron chi connectivity index (χ0n) is 13.7. The summed E-state index contributed by atoms with van der Waals surface area (Å²) >= 11 is 3.30. The van der Waals surface area contributed by atoms with Crippen LogP contribution in [0.3, 0.4) is 0 Å². The van der Waals surface area contributed by atoms with Crippen molar-refractivity contribution in [1.29, 1.82) is 0 Å². The quantitative estimate of drug-likeness (QED) is 0.750. The lowest BCUT2D eigenvalue weighted by Gasteiger charge is -2.35. The molecule has 0 unspecified atom stereocenters. The third-order valence-electron chi connectivity index (χ3n) is 4.18. The molecule has 25 heavy (non-hydrogen) atoms. The Bertz CT molecular complexity index is 868. The first kappa shape index (κ1) is 18.2. The maximum Gasteiger partial charge on any atom is 0.246 e. The fourth-order valence-corrected chi connectivity index (χ4v) is 4.99. The van der Waals surface area contributed by atoms with Gasteiger partial charge in [-0.05, 0) is 30.3 Å². The van der Waals surface area contributed by atoms with E-state index in [0.717, 1.165) is 0 Å². The van der Waals surface area contributed by atoms with Gasteiger partial charge in [0.2, 0.25) is 10.0 Å². The van der Waals surface area contributed by atoms with Gasteiger partial charge >= 0.3 is 0 Å². The number of ether oxygens (including phenoxy) is 1. The lowest BCUT2D eigenvalue weighted by molar-refractivity contribution is 0.373. The number of halogens is 2.